The number of phenolic OH excluding ortho intramolecular Hbond substituents is 2. The van der Waals surface area contributed by atoms with Crippen LogP contribution in [-0.2, 0) is 20.7 Å². The predicted molar refractivity (Wildman–Crippen MR) is 150 cm³/mol. The molecule has 6 N–H and O–H groups in total. The highest BCUT2D eigenvalue weighted by Crippen LogP contribution is 2.52. The lowest BCUT2D eigenvalue weighted by atomic mass is 9.72. The number of methoxy groups -OCH3 is 1. The van der Waals surface area contributed by atoms with E-state index in [4.69, 9.17) is 14.2 Å². The van der Waals surface area contributed by atoms with E-state index in [0.717, 1.165) is 12.8 Å². The minimum absolute atomic E-state index is 0.0402. The molecule has 0 unspecified atom stereocenters. The number of ketones is 3. The Hall–Kier alpha value is -3.39. The highest BCUT2D eigenvalue weighted by atomic mass is 16.7. The van der Waals surface area contributed by atoms with Crippen LogP contribution in [0.4, 0.5) is 0 Å². The lowest BCUT2D eigenvalue weighted by Crippen LogP contribution is -2.54. The Kier molecular flexibility index (Phi) is 8.63. The van der Waals surface area contributed by atoms with E-state index < -0.39 is 95.7 Å². The molecule has 0 saturated carbocycles. The van der Waals surface area contributed by atoms with Crippen molar-refractivity contribution in [3.05, 3.63) is 51.6 Å². The number of fused-ring (bicyclic) bond motifs is 3. The molecule has 0 amide bonds. The Balaban J connectivity index is 1.61. The summed E-state index contributed by atoms with van der Waals surface area (Å²) in [5, 5.41) is 58.1. The number of ether oxygens (including phenoxy) is 3. The first kappa shape index (κ1) is 31.0. The maximum atomic E-state index is 13.8. The molecule has 0 radical (unpaired) electrons. The quantitative estimate of drug-likeness (QED) is 0.153. The molecule has 3 aliphatic rings. The lowest BCUT2D eigenvalue weighted by Gasteiger charge is -2.43. The third kappa shape index (κ3) is 5.22. The highest BCUT2D eigenvalue weighted by Gasteiger charge is 2.50. The third-order valence-corrected chi connectivity index (χ3v) is 8.70. The molecule has 12 nitrogen and oxygen atoms in total. The average Bonchev–Trinajstić information content (AvgIpc) is 2.98. The van der Waals surface area contributed by atoms with Gasteiger partial charge in [0.1, 0.15) is 29.5 Å². The van der Waals surface area contributed by atoms with E-state index in [1.54, 1.807) is 6.92 Å². The first-order chi connectivity index (χ1) is 20.5. The number of rotatable bonds is 9. The molecule has 12 heteroatoms. The zero-order chi connectivity index (χ0) is 31.2. The fourth-order valence-electron chi connectivity index (χ4n) is 6.38. The van der Waals surface area contributed by atoms with E-state index in [1.165, 1.54) is 25.3 Å². The molecule has 5 rings (SSSR count). The van der Waals surface area contributed by atoms with Crippen LogP contribution < -0.4 is 10.1 Å². The summed E-state index contributed by atoms with van der Waals surface area (Å²) in [6.45, 7) is 3.35. The van der Waals surface area contributed by atoms with Gasteiger partial charge >= 0.3 is 0 Å². The average molecular weight is 600 g/mol. The normalized spacial score (nSPS) is 28.2. The van der Waals surface area contributed by atoms with Crippen LogP contribution in [0, 0.1) is 0 Å². The molecular weight excluding hydrogens is 562 g/mol. The summed E-state index contributed by atoms with van der Waals surface area (Å²) in [6, 6.07) is 4.00. The molecule has 232 valence electrons. The maximum absolute atomic E-state index is 13.8. The van der Waals surface area contributed by atoms with Gasteiger partial charge in [-0.05, 0) is 26.0 Å². The molecule has 43 heavy (non-hydrogen) atoms. The molecule has 6 atom stereocenters. The van der Waals surface area contributed by atoms with E-state index in [2.05, 4.69) is 5.32 Å². The van der Waals surface area contributed by atoms with Gasteiger partial charge in [-0.2, -0.15) is 0 Å². The molecule has 2 aromatic carbocycles. The van der Waals surface area contributed by atoms with Crippen LogP contribution in [0.3, 0.4) is 0 Å². The van der Waals surface area contributed by atoms with Crippen LogP contribution in [0.1, 0.15) is 88.6 Å². The predicted octanol–water partition coefficient (Wildman–Crippen LogP) is 1.43. The van der Waals surface area contributed by atoms with E-state index >= 15 is 0 Å². The van der Waals surface area contributed by atoms with Crippen LogP contribution in [-0.4, -0.2) is 93.3 Å². The Morgan fingerprint density at radius 3 is 2.53 bits per heavy atom. The van der Waals surface area contributed by atoms with Crippen LogP contribution in [0.5, 0.6) is 17.2 Å². The zero-order valence-corrected chi connectivity index (χ0v) is 24.3. The van der Waals surface area contributed by atoms with Gasteiger partial charge in [0, 0.05) is 42.0 Å². The molecule has 0 spiro atoms. The Labute approximate surface area is 248 Å². The summed E-state index contributed by atoms with van der Waals surface area (Å²) >= 11 is 0. The van der Waals surface area contributed by atoms with Crippen molar-refractivity contribution in [2.24, 2.45) is 0 Å². The number of Topliss-reactive ketones (excluding diaryl/α,β-unsaturated/α-hetero) is 1. The van der Waals surface area contributed by atoms with Gasteiger partial charge in [0.15, 0.2) is 17.9 Å². The van der Waals surface area contributed by atoms with Gasteiger partial charge in [-0.15, -0.1) is 0 Å². The molecule has 2 aliphatic carbocycles. The van der Waals surface area contributed by atoms with Crippen molar-refractivity contribution >= 4 is 17.3 Å². The van der Waals surface area contributed by atoms with E-state index in [1.807, 2.05) is 6.92 Å². The second-order valence-corrected chi connectivity index (χ2v) is 11.4. The van der Waals surface area contributed by atoms with Crippen molar-refractivity contribution < 1.29 is 54.1 Å². The number of benzene rings is 2. The number of unbranched alkanes of at least 4 members (excludes halogenated alkanes) is 1. The van der Waals surface area contributed by atoms with Gasteiger partial charge < -0.3 is 45.1 Å². The Morgan fingerprint density at radius 2 is 1.86 bits per heavy atom. The Bertz CT molecular complexity index is 1460. The number of hydrogen-bond donors (Lipinski definition) is 6. The summed E-state index contributed by atoms with van der Waals surface area (Å²) in [4.78, 5) is 40.1. The fourth-order valence-corrected chi connectivity index (χ4v) is 6.38. The molecule has 0 aromatic heterocycles. The number of carbonyl (C=O) groups is 3. The number of aliphatic hydroxyl groups excluding tert-OH is 2. The summed E-state index contributed by atoms with van der Waals surface area (Å²) < 4.78 is 17.4. The van der Waals surface area contributed by atoms with Crippen molar-refractivity contribution in [2.75, 3.05) is 20.3 Å². The van der Waals surface area contributed by atoms with Crippen LogP contribution >= 0.6 is 0 Å². The molecule has 1 saturated heterocycles. The Morgan fingerprint density at radius 1 is 1.14 bits per heavy atom. The van der Waals surface area contributed by atoms with E-state index in [9.17, 15) is 39.9 Å². The fraction of sp³-hybridized carbons (Fsp3) is 0.516. The number of carbonyl (C=O) groups excluding carboxylic acids is 3. The number of phenols is 2. The number of hydrogen-bond acceptors (Lipinski definition) is 12. The van der Waals surface area contributed by atoms with Crippen molar-refractivity contribution in [1.29, 1.82) is 0 Å². The van der Waals surface area contributed by atoms with Gasteiger partial charge in [-0.3, -0.25) is 14.4 Å². The number of nitrogens with one attached hydrogen (secondary N) is 1. The van der Waals surface area contributed by atoms with Crippen molar-refractivity contribution in [3.63, 3.8) is 0 Å². The van der Waals surface area contributed by atoms with Gasteiger partial charge in [0.05, 0.1) is 42.1 Å². The third-order valence-electron chi connectivity index (χ3n) is 8.70. The minimum Gasteiger partial charge on any atom is -0.507 e. The van der Waals surface area contributed by atoms with Crippen molar-refractivity contribution in [3.8, 4) is 17.2 Å². The van der Waals surface area contributed by atoms with Crippen molar-refractivity contribution in [1.82, 2.24) is 5.32 Å². The first-order valence-electron chi connectivity index (χ1n) is 14.4. The van der Waals surface area contributed by atoms with E-state index in [-0.39, 0.29) is 34.4 Å². The van der Waals surface area contributed by atoms with Crippen LogP contribution in [0.15, 0.2) is 18.2 Å². The largest absolute Gasteiger partial charge is 0.507 e. The summed E-state index contributed by atoms with van der Waals surface area (Å²) in [6.07, 6.45) is -2.80. The van der Waals surface area contributed by atoms with Gasteiger partial charge in [-0.1, -0.05) is 25.5 Å². The number of aliphatic hydroxyl groups is 3. The molecule has 1 aliphatic heterocycles. The van der Waals surface area contributed by atoms with Crippen molar-refractivity contribution in [2.45, 2.75) is 82.2 Å². The van der Waals surface area contributed by atoms with Crippen LogP contribution in [0.25, 0.3) is 0 Å². The molecule has 1 fully saturated rings. The second-order valence-electron chi connectivity index (χ2n) is 11.4. The highest BCUT2D eigenvalue weighted by molar-refractivity contribution is 6.31. The monoisotopic (exact) mass is 599 g/mol. The summed E-state index contributed by atoms with van der Waals surface area (Å²) in [7, 11) is 1.34. The topological polar surface area (TPSA) is 192 Å². The SMILES string of the molecule is CCCCN[C@H]1C[C@H](O[C@H]2C[C@](O)(C(=O)CO)Cc3c(O)c4c(c(O)c32)C(=O)c2c(OC)cccc2C4=O)O[C@@H](C)[C@H]1O. The van der Waals surface area contributed by atoms with E-state index in [0.29, 0.717) is 6.54 Å². The second kappa shape index (κ2) is 11.9. The maximum Gasteiger partial charge on any atom is 0.202 e. The lowest BCUT2D eigenvalue weighted by molar-refractivity contribution is -0.249. The standard InChI is InChI=1S/C31H37NO11/c1-4-5-9-32-17-10-21(42-14(2)26(17)35)43-19-12-31(40,20(34)13-33)11-16-23(19)30(39)25-24(28(16)37)27(36)15-7-6-8-18(41-3)22(15)29(25)38/h6-8,14,17,19,21,26,32-33,35,37,39-40H,4-5,9-13H2,1-3H3/t14-,17-,19-,21-,26+,31-/m0/s1. The summed E-state index contributed by atoms with van der Waals surface area (Å²) in [5.74, 6) is -3.66. The zero-order valence-electron chi connectivity index (χ0n) is 24.3. The molecule has 2 aromatic rings. The van der Waals surface area contributed by atoms with Gasteiger partial charge in [0.25, 0.3) is 0 Å². The number of aromatic hydroxyl groups is 2. The first-order valence-corrected chi connectivity index (χ1v) is 14.4. The summed E-state index contributed by atoms with van der Waals surface area (Å²) in [5.41, 5.74) is -3.50. The minimum atomic E-state index is -2.23. The van der Waals surface area contributed by atoms with Gasteiger partial charge in [-0.25, -0.2) is 0 Å². The molecular formula is C31H37NO11. The molecule has 0 bridgehead atoms. The van der Waals surface area contributed by atoms with Gasteiger partial charge in [0.2, 0.25) is 5.78 Å². The van der Waals surface area contributed by atoms with Crippen LogP contribution in [0.2, 0.25) is 0 Å². The molecule has 1 heterocycles. The smallest absolute Gasteiger partial charge is 0.202 e.